The number of nitrogens with zero attached hydrogens (tertiary/aromatic N) is 2. The van der Waals surface area contributed by atoms with Crippen molar-refractivity contribution in [3.8, 4) is 0 Å². The van der Waals surface area contributed by atoms with Gasteiger partial charge >= 0.3 is 0 Å². The third kappa shape index (κ3) is 5.26. The maximum Gasteiger partial charge on any atom is 0.293 e. The van der Waals surface area contributed by atoms with Gasteiger partial charge in [0.2, 0.25) is 20.1 Å². The van der Waals surface area contributed by atoms with Gasteiger partial charge in [0, 0.05) is 10.2 Å². The van der Waals surface area contributed by atoms with Gasteiger partial charge in [-0.3, -0.25) is 10.1 Å². The average molecular weight is 554 g/mol. The van der Waals surface area contributed by atoms with Crippen LogP contribution in [-0.4, -0.2) is 24.5 Å². The molecule has 4 rings (SSSR count). The standard InChI is InChI=1S/C20H13BrFN3O4S3/c21-13-3-7-15(8-4-13)32(27,28)17-10-9-16(29-17)18(26)23-19-24-25-20(31-19)30-11-12-1-5-14(22)6-2-12/h1-10H,11H2,(H,23,24,26). The predicted molar refractivity (Wildman–Crippen MR) is 122 cm³/mol. The summed E-state index contributed by atoms with van der Waals surface area (Å²) in [7, 11) is -3.89. The van der Waals surface area contributed by atoms with Crippen LogP contribution in [0.15, 0.2) is 83.9 Å². The normalized spacial score (nSPS) is 11.4. The molecular weight excluding hydrogens is 541 g/mol. The quantitative estimate of drug-likeness (QED) is 0.241. The van der Waals surface area contributed by atoms with Crippen molar-refractivity contribution < 1.29 is 22.0 Å². The average Bonchev–Trinajstić information content (AvgIpc) is 3.44. The highest BCUT2D eigenvalue weighted by Crippen LogP contribution is 2.29. The van der Waals surface area contributed by atoms with E-state index in [2.05, 4.69) is 31.4 Å². The van der Waals surface area contributed by atoms with E-state index in [1.807, 2.05) is 0 Å². The Balaban J connectivity index is 1.40. The van der Waals surface area contributed by atoms with Crippen molar-refractivity contribution in [1.29, 1.82) is 0 Å². The number of thioether (sulfide) groups is 1. The minimum absolute atomic E-state index is 0.0500. The van der Waals surface area contributed by atoms with Crippen molar-refractivity contribution in [3.05, 3.63) is 82.3 Å². The summed E-state index contributed by atoms with van der Waals surface area (Å²) in [6.07, 6.45) is 0. The SMILES string of the molecule is O=C(Nc1nnc(SCc2ccc(F)cc2)s1)c1ccc(S(=O)(=O)c2ccc(Br)cc2)o1. The fourth-order valence-corrected chi connectivity index (χ4v) is 5.66. The number of rotatable bonds is 7. The molecule has 0 fully saturated rings. The summed E-state index contributed by atoms with van der Waals surface area (Å²) in [4.78, 5) is 12.5. The molecule has 2 aromatic heterocycles. The van der Waals surface area contributed by atoms with E-state index in [1.54, 1.807) is 24.3 Å². The minimum atomic E-state index is -3.89. The van der Waals surface area contributed by atoms with Crippen molar-refractivity contribution in [2.75, 3.05) is 5.32 Å². The van der Waals surface area contributed by atoms with Gasteiger partial charge in [-0.1, -0.05) is 51.2 Å². The topological polar surface area (TPSA) is 102 Å². The van der Waals surface area contributed by atoms with E-state index in [1.165, 1.54) is 48.2 Å². The summed E-state index contributed by atoms with van der Waals surface area (Å²) in [5.41, 5.74) is 0.923. The summed E-state index contributed by atoms with van der Waals surface area (Å²) in [6, 6.07) is 14.7. The van der Waals surface area contributed by atoms with E-state index in [0.717, 1.165) is 21.4 Å². The maximum atomic E-state index is 13.0. The monoisotopic (exact) mass is 553 g/mol. The Bertz CT molecular complexity index is 1350. The van der Waals surface area contributed by atoms with Crippen LogP contribution in [0.25, 0.3) is 0 Å². The third-order valence-electron chi connectivity index (χ3n) is 4.10. The molecule has 0 aliphatic heterocycles. The molecular formula is C20H13BrFN3O4S3. The zero-order valence-electron chi connectivity index (χ0n) is 16.0. The summed E-state index contributed by atoms with van der Waals surface area (Å²) >= 11 is 5.81. The second-order valence-electron chi connectivity index (χ2n) is 6.32. The van der Waals surface area contributed by atoms with Crippen LogP contribution in [0.2, 0.25) is 0 Å². The molecule has 4 aromatic rings. The molecule has 32 heavy (non-hydrogen) atoms. The number of halogens is 2. The molecule has 0 atom stereocenters. The van der Waals surface area contributed by atoms with Crippen molar-refractivity contribution in [3.63, 3.8) is 0 Å². The molecule has 0 radical (unpaired) electrons. The number of carbonyl (C=O) groups excluding carboxylic acids is 1. The molecule has 0 bridgehead atoms. The number of benzene rings is 2. The van der Waals surface area contributed by atoms with Gasteiger partial charge < -0.3 is 4.42 Å². The van der Waals surface area contributed by atoms with Crippen LogP contribution in [-0.2, 0) is 15.6 Å². The van der Waals surface area contributed by atoms with Crippen molar-refractivity contribution in [2.45, 2.75) is 20.1 Å². The van der Waals surface area contributed by atoms with Crippen LogP contribution in [0.5, 0.6) is 0 Å². The first kappa shape index (κ1) is 22.6. The second kappa shape index (κ2) is 9.53. The molecule has 0 saturated carbocycles. The number of hydrogen-bond acceptors (Lipinski definition) is 8. The highest BCUT2D eigenvalue weighted by atomic mass is 79.9. The summed E-state index contributed by atoms with van der Waals surface area (Å²) in [5, 5.41) is 10.4. The Morgan fingerprint density at radius 2 is 1.78 bits per heavy atom. The highest BCUT2D eigenvalue weighted by molar-refractivity contribution is 9.10. The molecule has 0 aliphatic carbocycles. The van der Waals surface area contributed by atoms with Crippen molar-refractivity contribution >= 4 is 59.9 Å². The number of sulfone groups is 1. The number of furan rings is 1. The number of hydrogen-bond donors (Lipinski definition) is 1. The molecule has 7 nitrogen and oxygen atoms in total. The first-order chi connectivity index (χ1) is 15.3. The lowest BCUT2D eigenvalue weighted by atomic mass is 10.2. The molecule has 0 saturated heterocycles. The molecule has 2 heterocycles. The minimum Gasteiger partial charge on any atom is -0.439 e. The van der Waals surface area contributed by atoms with Crippen LogP contribution < -0.4 is 5.32 Å². The zero-order valence-corrected chi connectivity index (χ0v) is 20.0. The predicted octanol–water partition coefficient (Wildman–Crippen LogP) is 5.41. The fourth-order valence-electron chi connectivity index (χ4n) is 2.52. The molecule has 0 spiro atoms. The molecule has 12 heteroatoms. The van der Waals surface area contributed by atoms with Crippen LogP contribution in [0.1, 0.15) is 16.1 Å². The van der Waals surface area contributed by atoms with Crippen LogP contribution in [0, 0.1) is 5.82 Å². The Labute approximate surface area is 199 Å². The number of aromatic nitrogens is 2. The van der Waals surface area contributed by atoms with E-state index in [-0.39, 0.29) is 26.7 Å². The van der Waals surface area contributed by atoms with Gasteiger partial charge in [-0.2, -0.15) is 0 Å². The van der Waals surface area contributed by atoms with E-state index < -0.39 is 15.7 Å². The Kier molecular flexibility index (Phi) is 6.74. The molecule has 0 aliphatic rings. The molecule has 0 unspecified atom stereocenters. The van der Waals surface area contributed by atoms with Gasteiger partial charge in [0.15, 0.2) is 10.1 Å². The Morgan fingerprint density at radius 3 is 2.50 bits per heavy atom. The van der Waals surface area contributed by atoms with Crippen LogP contribution in [0.3, 0.4) is 0 Å². The van der Waals surface area contributed by atoms with E-state index in [0.29, 0.717) is 10.1 Å². The van der Waals surface area contributed by atoms with Crippen molar-refractivity contribution in [1.82, 2.24) is 10.2 Å². The van der Waals surface area contributed by atoms with Gasteiger partial charge in [-0.25, -0.2) is 12.8 Å². The largest absolute Gasteiger partial charge is 0.439 e. The van der Waals surface area contributed by atoms with Crippen LogP contribution >= 0.6 is 39.0 Å². The second-order valence-corrected chi connectivity index (χ2v) is 11.3. The number of amides is 1. The van der Waals surface area contributed by atoms with E-state index in [4.69, 9.17) is 4.42 Å². The number of carbonyl (C=O) groups is 1. The highest BCUT2D eigenvalue weighted by Gasteiger charge is 2.24. The first-order valence-electron chi connectivity index (χ1n) is 8.94. The maximum absolute atomic E-state index is 13.0. The number of anilines is 1. The third-order valence-corrected chi connectivity index (χ3v) is 8.31. The van der Waals surface area contributed by atoms with Gasteiger partial charge in [-0.15, -0.1) is 10.2 Å². The van der Waals surface area contributed by atoms with Gasteiger partial charge in [0.05, 0.1) is 4.90 Å². The van der Waals surface area contributed by atoms with E-state index >= 15 is 0 Å². The van der Waals surface area contributed by atoms with Crippen molar-refractivity contribution in [2.24, 2.45) is 0 Å². The lowest BCUT2D eigenvalue weighted by Crippen LogP contribution is -2.10. The van der Waals surface area contributed by atoms with Crippen LogP contribution in [0.4, 0.5) is 9.52 Å². The lowest BCUT2D eigenvalue weighted by molar-refractivity contribution is 0.0991. The smallest absolute Gasteiger partial charge is 0.293 e. The van der Waals surface area contributed by atoms with E-state index in [9.17, 15) is 17.6 Å². The van der Waals surface area contributed by atoms with Gasteiger partial charge in [0.1, 0.15) is 5.82 Å². The van der Waals surface area contributed by atoms with Gasteiger partial charge in [0.25, 0.3) is 5.91 Å². The van der Waals surface area contributed by atoms with Gasteiger partial charge in [-0.05, 0) is 54.1 Å². The Hall–Kier alpha value is -2.54. The summed E-state index contributed by atoms with van der Waals surface area (Å²) in [5.74, 6) is -0.548. The summed E-state index contributed by atoms with van der Waals surface area (Å²) < 4.78 is 45.0. The lowest BCUT2D eigenvalue weighted by Gasteiger charge is -2.01. The zero-order chi connectivity index (χ0) is 22.7. The first-order valence-corrected chi connectivity index (χ1v) is 13.0. The molecule has 1 amide bonds. The fraction of sp³-hybridized carbons (Fsp3) is 0.0500. The Morgan fingerprint density at radius 1 is 1.06 bits per heavy atom. The molecule has 2 aromatic carbocycles. The molecule has 1 N–H and O–H groups in total. The molecule has 164 valence electrons. The number of nitrogens with one attached hydrogen (secondary N) is 1. The summed E-state index contributed by atoms with van der Waals surface area (Å²) in [6.45, 7) is 0.